The number of fused-ring (bicyclic) bond motifs is 3. The van der Waals surface area contributed by atoms with Crippen LogP contribution in [0, 0.1) is 12.1 Å². The second kappa shape index (κ2) is 15.2. The molecular weight excluding hydrogens is 824 g/mol. The van der Waals surface area contributed by atoms with Gasteiger partial charge in [-0.2, -0.15) is 30.4 Å². The predicted molar refractivity (Wildman–Crippen MR) is 220 cm³/mol. The van der Waals surface area contributed by atoms with Gasteiger partial charge in [-0.1, -0.05) is 129 Å². The summed E-state index contributed by atoms with van der Waals surface area (Å²) < 4.78 is 51.4. The summed E-state index contributed by atoms with van der Waals surface area (Å²) in [4.78, 5) is 4.34. The number of halogens is 3. The molecule has 0 N–H and O–H groups in total. The molecule has 0 aliphatic heterocycles. The van der Waals surface area contributed by atoms with Gasteiger partial charge >= 0.3 is 26.6 Å². The molecule has 3 aromatic heterocycles. The Morgan fingerprint density at radius 1 is 0.603 bits per heavy atom. The van der Waals surface area contributed by atoms with Crippen molar-refractivity contribution >= 4 is 21.8 Å². The summed E-state index contributed by atoms with van der Waals surface area (Å²) in [5.41, 5.74) is 8.05. The molecule has 9 heteroatoms. The van der Waals surface area contributed by atoms with E-state index in [1.807, 2.05) is 83.5 Å². The fourth-order valence-electron chi connectivity index (χ4n) is 7.29. The minimum Gasteiger partial charge on any atom is -0.509 e. The summed E-state index contributed by atoms with van der Waals surface area (Å²) in [5, 5.41) is 6.95. The molecule has 5 nitrogen and oxygen atoms in total. The van der Waals surface area contributed by atoms with Crippen molar-refractivity contribution in [1.29, 1.82) is 0 Å². The van der Waals surface area contributed by atoms with E-state index in [2.05, 4.69) is 86.4 Å². The molecule has 9 aromatic rings. The fourth-order valence-corrected chi connectivity index (χ4v) is 7.29. The van der Waals surface area contributed by atoms with Gasteiger partial charge in [0.15, 0.2) is 0 Å². The maximum absolute atomic E-state index is 13.8. The maximum Gasteiger partial charge on any atom is 2.00 e. The van der Waals surface area contributed by atoms with Crippen LogP contribution in [0.1, 0.15) is 31.9 Å². The number of para-hydroxylation sites is 1. The molecule has 58 heavy (non-hydrogen) atoms. The Kier molecular flexibility index (Phi) is 10.1. The Bertz CT molecular complexity index is 2890. The van der Waals surface area contributed by atoms with E-state index in [9.17, 15) is 13.2 Å². The number of nitrogens with zero attached hydrogens (tertiary/aromatic N) is 4. The second-order valence-electron chi connectivity index (χ2n) is 14.9. The summed E-state index contributed by atoms with van der Waals surface area (Å²) in [6.45, 7) is 6.62. The van der Waals surface area contributed by atoms with Crippen LogP contribution in [0.3, 0.4) is 0 Å². The van der Waals surface area contributed by atoms with Crippen molar-refractivity contribution in [2.24, 2.45) is 0 Å². The molecule has 0 amide bonds. The zero-order valence-corrected chi connectivity index (χ0v) is 33.2. The number of hydrogen-bond donors (Lipinski definition) is 0. The van der Waals surface area contributed by atoms with Gasteiger partial charge in [0.05, 0.1) is 11.3 Å². The van der Waals surface area contributed by atoms with E-state index in [1.165, 1.54) is 11.8 Å². The van der Waals surface area contributed by atoms with Crippen LogP contribution in [0.5, 0.6) is 11.5 Å². The van der Waals surface area contributed by atoms with Crippen LogP contribution in [-0.4, -0.2) is 19.3 Å². The van der Waals surface area contributed by atoms with Crippen LogP contribution in [0.25, 0.3) is 67.0 Å². The van der Waals surface area contributed by atoms with Crippen LogP contribution in [0.2, 0.25) is 0 Å². The number of ether oxygens (including phenoxy) is 1. The number of benzene rings is 6. The Morgan fingerprint density at radius 2 is 1.28 bits per heavy atom. The van der Waals surface area contributed by atoms with E-state index < -0.39 is 11.7 Å². The van der Waals surface area contributed by atoms with E-state index in [-0.39, 0.29) is 31.7 Å². The third-order valence-corrected chi connectivity index (χ3v) is 10.1. The normalized spacial score (nSPS) is 11.8. The zero-order valence-electron chi connectivity index (χ0n) is 31.7. The molecule has 0 unspecified atom stereocenters. The van der Waals surface area contributed by atoms with Gasteiger partial charge in [-0.3, -0.25) is 4.68 Å². The monoisotopic (exact) mass is 858 g/mol. The van der Waals surface area contributed by atoms with Crippen molar-refractivity contribution < 1.29 is 38.3 Å². The third kappa shape index (κ3) is 7.24. The number of rotatable bonds is 7. The molecule has 288 valence electrons. The Balaban J connectivity index is 0.00000469. The molecule has 0 fully saturated rings. The van der Waals surface area contributed by atoms with Crippen molar-refractivity contribution in [2.45, 2.75) is 32.4 Å². The van der Waals surface area contributed by atoms with Gasteiger partial charge in [0.1, 0.15) is 11.5 Å². The van der Waals surface area contributed by atoms with Crippen molar-refractivity contribution in [2.75, 3.05) is 0 Å². The SMILES string of the molecule is CC(C)(C)c1ccc(-c2c(-c3ccccc3)nn(-c3[c-]c(Oc4[c-]c5c(cc4)c4ccccc4n5-c4cc(C(F)(F)F)ccn4)ccc3)c2-c2ccccc2)cc1.[Pd+2]. The van der Waals surface area contributed by atoms with Crippen molar-refractivity contribution in [3.8, 4) is 56.6 Å². The first-order valence-electron chi connectivity index (χ1n) is 18.6. The smallest absolute Gasteiger partial charge is 0.509 e. The zero-order chi connectivity index (χ0) is 39.3. The van der Waals surface area contributed by atoms with Crippen LogP contribution in [-0.2, 0) is 32.0 Å². The van der Waals surface area contributed by atoms with Crippen molar-refractivity contribution in [1.82, 2.24) is 19.3 Å². The van der Waals surface area contributed by atoms with Gasteiger partial charge in [-0.15, -0.1) is 35.7 Å². The molecule has 3 heterocycles. The van der Waals surface area contributed by atoms with Gasteiger partial charge in [0.2, 0.25) is 0 Å². The summed E-state index contributed by atoms with van der Waals surface area (Å²) in [6.07, 6.45) is -3.35. The van der Waals surface area contributed by atoms with Gasteiger partial charge in [0, 0.05) is 39.9 Å². The van der Waals surface area contributed by atoms with Gasteiger partial charge in [-0.25, -0.2) is 4.98 Å². The molecule has 9 rings (SSSR count). The van der Waals surface area contributed by atoms with Crippen LogP contribution in [0.15, 0.2) is 158 Å². The summed E-state index contributed by atoms with van der Waals surface area (Å²) in [5.74, 6) is 0.901. The quantitative estimate of drug-likeness (QED) is 0.118. The Labute approximate surface area is 348 Å². The first-order valence-corrected chi connectivity index (χ1v) is 18.6. The minimum absolute atomic E-state index is 0. The van der Waals surface area contributed by atoms with Gasteiger partial charge in [0.25, 0.3) is 0 Å². The Morgan fingerprint density at radius 3 is 1.98 bits per heavy atom. The molecular formula is C49H35F3N4OPd. The molecule has 0 aliphatic rings. The average Bonchev–Trinajstić information content (AvgIpc) is 3.78. The number of alkyl halides is 3. The average molecular weight is 859 g/mol. The van der Waals surface area contributed by atoms with E-state index in [1.54, 1.807) is 16.7 Å². The second-order valence-corrected chi connectivity index (χ2v) is 14.9. The predicted octanol–water partition coefficient (Wildman–Crippen LogP) is 13.1. The molecule has 0 saturated carbocycles. The fraction of sp³-hybridized carbons (Fsp3) is 0.102. The van der Waals surface area contributed by atoms with Crippen LogP contribution >= 0.6 is 0 Å². The van der Waals surface area contributed by atoms with E-state index in [0.29, 0.717) is 28.2 Å². The molecule has 0 bridgehead atoms. The Hall–Kier alpha value is -6.27. The molecule has 6 aromatic carbocycles. The van der Waals surface area contributed by atoms with Crippen molar-refractivity contribution in [3.63, 3.8) is 0 Å². The molecule has 0 spiro atoms. The van der Waals surface area contributed by atoms with Gasteiger partial charge in [-0.05, 0) is 45.8 Å². The topological polar surface area (TPSA) is 44.9 Å². The summed E-state index contributed by atoms with van der Waals surface area (Å²) in [7, 11) is 0. The molecule has 0 radical (unpaired) electrons. The van der Waals surface area contributed by atoms with E-state index in [0.717, 1.165) is 56.5 Å². The van der Waals surface area contributed by atoms with Crippen molar-refractivity contribution in [3.05, 3.63) is 181 Å². The minimum atomic E-state index is -4.52. The standard InChI is InChI=1S/C49H35F3N4O.Pd/c1-48(2,3)35-23-21-32(22-24-35)45-46(33-13-6-4-7-14-33)54-56(47(45)34-15-8-5-9-16-34)37-17-12-18-38(30-37)57-39-25-26-41-40-19-10-11-20-42(40)55(43(41)31-39)44-29-36(27-28-53-44)49(50,51)52;/h4-29H,1-3H3;/q-2;+2. The first-order chi connectivity index (χ1) is 27.5. The molecule has 0 saturated heterocycles. The van der Waals surface area contributed by atoms with Gasteiger partial charge < -0.3 is 9.30 Å². The maximum atomic E-state index is 13.8. The van der Waals surface area contributed by atoms with E-state index >= 15 is 0 Å². The number of hydrogen-bond acceptors (Lipinski definition) is 3. The summed E-state index contributed by atoms with van der Waals surface area (Å²) >= 11 is 0. The summed E-state index contributed by atoms with van der Waals surface area (Å²) in [6, 6.07) is 54.7. The largest absolute Gasteiger partial charge is 2.00 e. The first kappa shape index (κ1) is 38.6. The molecule has 0 atom stereocenters. The molecule has 0 aliphatic carbocycles. The van der Waals surface area contributed by atoms with E-state index in [4.69, 9.17) is 9.84 Å². The van der Waals surface area contributed by atoms with Crippen LogP contribution in [0.4, 0.5) is 13.2 Å². The number of pyridine rings is 1. The third-order valence-electron chi connectivity index (χ3n) is 10.1. The van der Waals surface area contributed by atoms with Crippen LogP contribution < -0.4 is 4.74 Å². The number of aromatic nitrogens is 4.